The van der Waals surface area contributed by atoms with Crippen LogP contribution in [-0.4, -0.2) is 10.1 Å². The molecule has 0 aliphatic rings. The van der Waals surface area contributed by atoms with E-state index >= 15 is 0 Å². The highest BCUT2D eigenvalue weighted by atomic mass is 16.5. The minimum atomic E-state index is 0.390. The number of rotatable bonds is 3. The molecule has 2 aromatic heterocycles. The van der Waals surface area contributed by atoms with Gasteiger partial charge in [-0.3, -0.25) is 0 Å². The first-order valence-corrected chi connectivity index (χ1v) is 4.81. The fraction of sp³-hybridized carbons (Fsp3) is 0.182. The topological polar surface area (TPSA) is 74.7 Å². The molecule has 2 heterocycles. The summed E-state index contributed by atoms with van der Waals surface area (Å²) in [5.74, 6) is 1.43. The van der Waals surface area contributed by atoms with Gasteiger partial charge in [0, 0.05) is 6.07 Å². The Balaban J connectivity index is 2.02. The number of nitriles is 1. The zero-order valence-corrected chi connectivity index (χ0v) is 8.77. The average Bonchev–Trinajstić information content (AvgIpc) is 2.73. The third-order valence-corrected chi connectivity index (χ3v) is 1.99. The van der Waals surface area contributed by atoms with E-state index in [9.17, 15) is 0 Å². The summed E-state index contributed by atoms with van der Waals surface area (Å²) in [6, 6.07) is 9.07. The van der Waals surface area contributed by atoms with Crippen LogP contribution in [0.5, 0.6) is 0 Å². The Labute approximate surface area is 92.7 Å². The van der Waals surface area contributed by atoms with Gasteiger partial charge in [0.25, 0.3) is 0 Å². The molecule has 0 fully saturated rings. The molecule has 0 spiro atoms. The predicted molar refractivity (Wildman–Crippen MR) is 57.5 cm³/mol. The summed E-state index contributed by atoms with van der Waals surface area (Å²) in [6.45, 7) is 2.37. The smallest absolute Gasteiger partial charge is 0.142 e. The van der Waals surface area contributed by atoms with Crippen molar-refractivity contribution in [2.24, 2.45) is 0 Å². The number of nitrogens with one attached hydrogen (secondary N) is 1. The maximum Gasteiger partial charge on any atom is 0.142 e. The van der Waals surface area contributed by atoms with Crippen LogP contribution in [-0.2, 0) is 6.54 Å². The molecule has 2 rings (SSSR count). The highest BCUT2D eigenvalue weighted by Gasteiger charge is 2.01. The van der Waals surface area contributed by atoms with E-state index in [4.69, 9.17) is 9.78 Å². The van der Waals surface area contributed by atoms with Crippen molar-refractivity contribution in [2.75, 3.05) is 5.32 Å². The van der Waals surface area contributed by atoms with Crippen LogP contribution in [0.15, 0.2) is 28.8 Å². The largest absolute Gasteiger partial charge is 0.364 e. The summed E-state index contributed by atoms with van der Waals surface area (Å²) in [4.78, 5) is 4.08. The number of hydrogen-bond donors (Lipinski definition) is 1. The Kier molecular flexibility index (Phi) is 2.83. The molecule has 0 bridgehead atoms. The summed E-state index contributed by atoms with van der Waals surface area (Å²) < 4.78 is 4.94. The first-order valence-electron chi connectivity index (χ1n) is 4.81. The Morgan fingerprint density at radius 2 is 2.38 bits per heavy atom. The van der Waals surface area contributed by atoms with Crippen molar-refractivity contribution >= 4 is 5.82 Å². The fourth-order valence-corrected chi connectivity index (χ4v) is 1.28. The molecule has 1 N–H and O–H groups in total. The van der Waals surface area contributed by atoms with Crippen LogP contribution in [0.2, 0.25) is 0 Å². The standard InChI is InChI=1S/C11H10N4O/c1-8-5-10(15-16-8)7-13-11-4-2-3-9(6-12)14-11/h2-5H,7H2,1H3,(H,13,14). The lowest BCUT2D eigenvalue weighted by Gasteiger charge is -2.02. The van der Waals surface area contributed by atoms with Crippen molar-refractivity contribution in [3.63, 3.8) is 0 Å². The molecule has 2 aromatic rings. The maximum atomic E-state index is 8.68. The fourth-order valence-electron chi connectivity index (χ4n) is 1.28. The molecule has 0 aliphatic carbocycles. The molecule has 16 heavy (non-hydrogen) atoms. The van der Waals surface area contributed by atoms with Gasteiger partial charge in [-0.25, -0.2) is 4.98 Å². The second-order valence-corrected chi connectivity index (χ2v) is 3.30. The third kappa shape index (κ3) is 2.36. The number of pyridine rings is 1. The predicted octanol–water partition coefficient (Wildman–Crippen LogP) is 1.86. The molecule has 0 atom stereocenters. The van der Waals surface area contributed by atoms with Crippen LogP contribution in [0.1, 0.15) is 17.1 Å². The van der Waals surface area contributed by atoms with Gasteiger partial charge >= 0.3 is 0 Å². The first-order chi connectivity index (χ1) is 7.78. The monoisotopic (exact) mass is 214 g/mol. The molecule has 0 aliphatic heterocycles. The molecule has 0 amide bonds. The van der Waals surface area contributed by atoms with E-state index in [0.29, 0.717) is 18.1 Å². The zero-order valence-electron chi connectivity index (χ0n) is 8.77. The number of aryl methyl sites for hydroxylation is 1. The molecule has 0 saturated heterocycles. The molecule has 5 nitrogen and oxygen atoms in total. The summed E-state index contributed by atoms with van der Waals surface area (Å²) in [5, 5.41) is 15.6. The summed E-state index contributed by atoms with van der Waals surface area (Å²) in [5.41, 5.74) is 1.20. The molecular weight excluding hydrogens is 204 g/mol. The van der Waals surface area contributed by atoms with Crippen LogP contribution in [0, 0.1) is 18.3 Å². The van der Waals surface area contributed by atoms with Gasteiger partial charge in [0.15, 0.2) is 0 Å². The van der Waals surface area contributed by atoms with Crippen molar-refractivity contribution in [3.8, 4) is 6.07 Å². The Morgan fingerprint density at radius 3 is 3.06 bits per heavy atom. The Bertz CT molecular complexity index is 527. The Morgan fingerprint density at radius 1 is 1.50 bits per heavy atom. The van der Waals surface area contributed by atoms with Crippen molar-refractivity contribution in [1.82, 2.24) is 10.1 Å². The van der Waals surface area contributed by atoms with E-state index in [-0.39, 0.29) is 0 Å². The van der Waals surface area contributed by atoms with Crippen LogP contribution in [0.4, 0.5) is 5.82 Å². The second-order valence-electron chi connectivity index (χ2n) is 3.30. The average molecular weight is 214 g/mol. The van der Waals surface area contributed by atoms with Crippen LogP contribution in [0.25, 0.3) is 0 Å². The van der Waals surface area contributed by atoms with Crippen molar-refractivity contribution < 1.29 is 4.52 Å². The van der Waals surface area contributed by atoms with Crippen molar-refractivity contribution in [2.45, 2.75) is 13.5 Å². The lowest BCUT2D eigenvalue weighted by molar-refractivity contribution is 0.391. The molecular formula is C11H10N4O. The quantitative estimate of drug-likeness (QED) is 0.844. The summed E-state index contributed by atoms with van der Waals surface area (Å²) in [6.07, 6.45) is 0. The molecule has 5 heteroatoms. The van der Waals surface area contributed by atoms with E-state index < -0.39 is 0 Å². The first kappa shape index (κ1) is 10.2. The van der Waals surface area contributed by atoms with E-state index in [1.54, 1.807) is 18.2 Å². The van der Waals surface area contributed by atoms with E-state index in [1.165, 1.54) is 0 Å². The van der Waals surface area contributed by atoms with Gasteiger partial charge < -0.3 is 9.84 Å². The van der Waals surface area contributed by atoms with Gasteiger partial charge in [-0.15, -0.1) is 0 Å². The van der Waals surface area contributed by atoms with Gasteiger partial charge in [-0.1, -0.05) is 11.2 Å². The van der Waals surface area contributed by atoms with Crippen LogP contribution >= 0.6 is 0 Å². The van der Waals surface area contributed by atoms with Gasteiger partial charge in [0.05, 0.1) is 6.54 Å². The van der Waals surface area contributed by atoms with Gasteiger partial charge in [0.1, 0.15) is 29.0 Å². The highest BCUT2D eigenvalue weighted by Crippen LogP contribution is 2.07. The number of nitrogens with zero attached hydrogens (tertiary/aromatic N) is 3. The lowest BCUT2D eigenvalue weighted by Crippen LogP contribution is -2.01. The molecule has 0 aromatic carbocycles. The van der Waals surface area contributed by atoms with E-state index in [0.717, 1.165) is 11.5 Å². The highest BCUT2D eigenvalue weighted by molar-refractivity contribution is 5.38. The molecule has 0 unspecified atom stereocenters. The number of hydrogen-bond acceptors (Lipinski definition) is 5. The van der Waals surface area contributed by atoms with Crippen molar-refractivity contribution in [1.29, 1.82) is 5.26 Å². The molecule has 0 saturated carbocycles. The van der Waals surface area contributed by atoms with Gasteiger partial charge in [-0.05, 0) is 19.1 Å². The third-order valence-electron chi connectivity index (χ3n) is 1.99. The van der Waals surface area contributed by atoms with E-state index in [2.05, 4.69) is 15.5 Å². The SMILES string of the molecule is Cc1cc(CNc2cccc(C#N)n2)no1. The van der Waals surface area contributed by atoms with Crippen LogP contribution < -0.4 is 5.32 Å². The minimum Gasteiger partial charge on any atom is -0.364 e. The summed E-state index contributed by atoms with van der Waals surface area (Å²) >= 11 is 0. The normalized spacial score (nSPS) is 9.75. The van der Waals surface area contributed by atoms with Crippen LogP contribution in [0.3, 0.4) is 0 Å². The maximum absolute atomic E-state index is 8.68. The van der Waals surface area contributed by atoms with E-state index in [1.807, 2.05) is 19.1 Å². The number of aromatic nitrogens is 2. The molecule has 80 valence electrons. The Hall–Kier alpha value is -2.35. The van der Waals surface area contributed by atoms with Crippen molar-refractivity contribution in [3.05, 3.63) is 41.4 Å². The minimum absolute atomic E-state index is 0.390. The lowest BCUT2D eigenvalue weighted by atomic mass is 10.3. The molecule has 0 radical (unpaired) electrons. The summed E-state index contributed by atoms with van der Waals surface area (Å²) in [7, 11) is 0. The van der Waals surface area contributed by atoms with Gasteiger partial charge in [0.2, 0.25) is 0 Å². The second kappa shape index (κ2) is 4.45. The van der Waals surface area contributed by atoms with Gasteiger partial charge in [-0.2, -0.15) is 5.26 Å². The zero-order chi connectivity index (χ0) is 11.4. The number of anilines is 1.